The summed E-state index contributed by atoms with van der Waals surface area (Å²) in [5, 5.41) is 10.7. The summed E-state index contributed by atoms with van der Waals surface area (Å²) in [7, 11) is 0. The molecule has 0 saturated carbocycles. The third kappa shape index (κ3) is 3.71. The van der Waals surface area contributed by atoms with E-state index < -0.39 is 0 Å². The van der Waals surface area contributed by atoms with Gasteiger partial charge in [0.2, 0.25) is 0 Å². The van der Waals surface area contributed by atoms with E-state index >= 15 is 0 Å². The van der Waals surface area contributed by atoms with Gasteiger partial charge in [-0.05, 0) is 13.3 Å². The lowest BCUT2D eigenvalue weighted by Crippen LogP contribution is -2.53. The summed E-state index contributed by atoms with van der Waals surface area (Å²) in [4.78, 5) is 0. The van der Waals surface area contributed by atoms with Gasteiger partial charge in [0, 0.05) is 10.5 Å². The second-order valence-corrected chi connectivity index (χ2v) is 5.39. The van der Waals surface area contributed by atoms with E-state index in [1.54, 1.807) is 0 Å². The van der Waals surface area contributed by atoms with Crippen molar-refractivity contribution in [2.24, 2.45) is 5.73 Å². The standard InChI is InChI=1S/C8H18IN3/c1-4-8(3,7(10)11)12-5-6(2)9/h6,12H,4-5H2,1-3H3,(H3,10,11)/t6-,8-/m0/s1. The Labute approximate surface area is 88.1 Å². The Morgan fingerprint density at radius 3 is 2.50 bits per heavy atom. The van der Waals surface area contributed by atoms with Crippen molar-refractivity contribution in [2.75, 3.05) is 6.54 Å². The van der Waals surface area contributed by atoms with Gasteiger partial charge in [0.1, 0.15) is 5.84 Å². The van der Waals surface area contributed by atoms with E-state index in [2.05, 4.69) is 34.8 Å². The quantitative estimate of drug-likeness (QED) is 0.310. The fraction of sp³-hybridized carbons (Fsp3) is 0.875. The molecule has 0 aliphatic rings. The van der Waals surface area contributed by atoms with Crippen LogP contribution in [0.4, 0.5) is 0 Å². The Morgan fingerprint density at radius 2 is 2.25 bits per heavy atom. The van der Waals surface area contributed by atoms with Crippen molar-refractivity contribution in [1.82, 2.24) is 5.32 Å². The third-order valence-electron chi connectivity index (χ3n) is 2.08. The first-order valence-electron chi connectivity index (χ1n) is 4.16. The average Bonchev–Trinajstić information content (AvgIpc) is 1.99. The van der Waals surface area contributed by atoms with Gasteiger partial charge in [0.05, 0.1) is 5.54 Å². The monoisotopic (exact) mass is 283 g/mol. The number of nitrogens with two attached hydrogens (primary N) is 1. The zero-order valence-corrected chi connectivity index (χ0v) is 10.1. The number of halogens is 1. The lowest BCUT2D eigenvalue weighted by molar-refractivity contribution is 0.452. The van der Waals surface area contributed by atoms with Crippen molar-refractivity contribution in [3.05, 3.63) is 0 Å². The Kier molecular flexibility index (Phi) is 5.08. The topological polar surface area (TPSA) is 61.9 Å². The molecule has 0 radical (unpaired) electrons. The van der Waals surface area contributed by atoms with Crippen LogP contribution in [0, 0.1) is 5.41 Å². The van der Waals surface area contributed by atoms with Crippen LogP contribution in [0.5, 0.6) is 0 Å². The number of rotatable bonds is 5. The van der Waals surface area contributed by atoms with E-state index in [-0.39, 0.29) is 11.4 Å². The van der Waals surface area contributed by atoms with E-state index in [1.165, 1.54) is 0 Å². The van der Waals surface area contributed by atoms with Gasteiger partial charge in [-0.3, -0.25) is 5.41 Å². The Bertz CT molecular complexity index is 158. The fourth-order valence-corrected chi connectivity index (χ4v) is 0.997. The first-order chi connectivity index (χ1) is 5.42. The fourth-order valence-electron chi connectivity index (χ4n) is 0.777. The minimum Gasteiger partial charge on any atom is -0.386 e. The lowest BCUT2D eigenvalue weighted by atomic mass is 9.97. The Hall–Kier alpha value is 0.160. The van der Waals surface area contributed by atoms with Crippen LogP contribution in [0.25, 0.3) is 0 Å². The summed E-state index contributed by atoms with van der Waals surface area (Å²) in [5.41, 5.74) is 5.17. The molecule has 0 spiro atoms. The molecule has 0 bridgehead atoms. The highest BCUT2D eigenvalue weighted by atomic mass is 127. The minimum absolute atomic E-state index is 0.224. The van der Waals surface area contributed by atoms with Crippen LogP contribution in [-0.4, -0.2) is 21.8 Å². The van der Waals surface area contributed by atoms with Gasteiger partial charge in [-0.25, -0.2) is 0 Å². The zero-order chi connectivity index (χ0) is 9.78. The zero-order valence-electron chi connectivity index (χ0n) is 7.95. The summed E-state index contributed by atoms with van der Waals surface area (Å²) in [6.45, 7) is 7.02. The van der Waals surface area contributed by atoms with Crippen molar-refractivity contribution in [1.29, 1.82) is 5.41 Å². The predicted molar refractivity (Wildman–Crippen MR) is 62.1 cm³/mol. The highest BCUT2D eigenvalue weighted by Gasteiger charge is 2.24. The number of nitrogens with one attached hydrogen (secondary N) is 2. The molecule has 0 fully saturated rings. The van der Waals surface area contributed by atoms with Gasteiger partial charge < -0.3 is 11.1 Å². The van der Waals surface area contributed by atoms with E-state index in [1.807, 2.05) is 13.8 Å². The van der Waals surface area contributed by atoms with Crippen LogP contribution in [0.1, 0.15) is 27.2 Å². The molecule has 0 saturated heterocycles. The molecule has 12 heavy (non-hydrogen) atoms. The van der Waals surface area contributed by atoms with Crippen LogP contribution < -0.4 is 11.1 Å². The largest absolute Gasteiger partial charge is 0.386 e. The second kappa shape index (κ2) is 5.01. The molecule has 0 amide bonds. The number of alkyl halides is 1. The molecule has 0 aromatic carbocycles. The molecule has 0 heterocycles. The Morgan fingerprint density at radius 1 is 1.75 bits per heavy atom. The summed E-state index contributed by atoms with van der Waals surface area (Å²) in [6.07, 6.45) is 0.853. The van der Waals surface area contributed by atoms with Crippen molar-refractivity contribution in [3.63, 3.8) is 0 Å². The first-order valence-corrected chi connectivity index (χ1v) is 5.40. The summed E-state index contributed by atoms with van der Waals surface area (Å²) >= 11 is 2.35. The molecule has 72 valence electrons. The number of hydrogen-bond acceptors (Lipinski definition) is 2. The molecule has 0 aromatic heterocycles. The van der Waals surface area contributed by atoms with Crippen LogP contribution in [-0.2, 0) is 0 Å². The van der Waals surface area contributed by atoms with Gasteiger partial charge in [0.25, 0.3) is 0 Å². The molecule has 0 aliphatic carbocycles. The maximum Gasteiger partial charge on any atom is 0.111 e. The molecule has 3 nitrogen and oxygen atoms in total. The van der Waals surface area contributed by atoms with Gasteiger partial charge in [-0.2, -0.15) is 0 Å². The van der Waals surface area contributed by atoms with Crippen LogP contribution in [0.2, 0.25) is 0 Å². The molecule has 0 aromatic rings. The lowest BCUT2D eigenvalue weighted by Gasteiger charge is -2.28. The number of hydrogen-bond donors (Lipinski definition) is 3. The molecule has 0 unspecified atom stereocenters. The van der Waals surface area contributed by atoms with E-state index in [9.17, 15) is 0 Å². The molecular weight excluding hydrogens is 265 g/mol. The van der Waals surface area contributed by atoms with Gasteiger partial charge >= 0.3 is 0 Å². The SMILES string of the molecule is CC[C@](C)(NC[C@H](C)I)C(=N)N. The highest BCUT2D eigenvalue weighted by Crippen LogP contribution is 2.09. The van der Waals surface area contributed by atoms with Crippen molar-refractivity contribution in [2.45, 2.75) is 36.7 Å². The predicted octanol–water partition coefficient (Wildman–Crippen LogP) is 1.50. The average molecular weight is 283 g/mol. The maximum absolute atomic E-state index is 7.41. The van der Waals surface area contributed by atoms with E-state index in [0.717, 1.165) is 13.0 Å². The van der Waals surface area contributed by atoms with Crippen LogP contribution in [0.3, 0.4) is 0 Å². The molecule has 2 atom stereocenters. The molecule has 4 N–H and O–H groups in total. The van der Waals surface area contributed by atoms with E-state index in [0.29, 0.717) is 3.92 Å². The van der Waals surface area contributed by atoms with Crippen molar-refractivity contribution < 1.29 is 0 Å². The smallest absolute Gasteiger partial charge is 0.111 e. The summed E-state index contributed by atoms with van der Waals surface area (Å²) in [6, 6.07) is 0. The third-order valence-corrected chi connectivity index (χ3v) is 2.52. The second-order valence-electron chi connectivity index (χ2n) is 3.26. The van der Waals surface area contributed by atoms with Gasteiger partial charge in [0.15, 0.2) is 0 Å². The van der Waals surface area contributed by atoms with Crippen LogP contribution >= 0.6 is 22.6 Å². The minimum atomic E-state index is -0.320. The molecule has 0 rings (SSSR count). The molecule has 4 heteroatoms. The van der Waals surface area contributed by atoms with Crippen LogP contribution in [0.15, 0.2) is 0 Å². The number of amidine groups is 1. The van der Waals surface area contributed by atoms with Crippen molar-refractivity contribution >= 4 is 28.4 Å². The molecular formula is C8H18IN3. The Balaban J connectivity index is 4.06. The molecule has 0 aliphatic heterocycles. The highest BCUT2D eigenvalue weighted by molar-refractivity contribution is 14.1. The van der Waals surface area contributed by atoms with Gasteiger partial charge in [-0.1, -0.05) is 36.4 Å². The summed E-state index contributed by atoms with van der Waals surface area (Å²) < 4.78 is 0.563. The maximum atomic E-state index is 7.41. The normalized spacial score (nSPS) is 18.3. The van der Waals surface area contributed by atoms with Crippen molar-refractivity contribution in [3.8, 4) is 0 Å². The van der Waals surface area contributed by atoms with Gasteiger partial charge in [-0.15, -0.1) is 0 Å². The first kappa shape index (κ1) is 12.2. The van der Waals surface area contributed by atoms with E-state index in [4.69, 9.17) is 11.1 Å². The summed E-state index contributed by atoms with van der Waals surface area (Å²) in [5.74, 6) is 0.224.